The third kappa shape index (κ3) is 8.48. The molecule has 0 aliphatic carbocycles. The van der Waals surface area contributed by atoms with Gasteiger partial charge in [0, 0.05) is 57.2 Å². The van der Waals surface area contributed by atoms with Crippen molar-refractivity contribution in [3.05, 3.63) is 54.1 Å². The van der Waals surface area contributed by atoms with Crippen LogP contribution in [0.3, 0.4) is 0 Å². The Morgan fingerprint density at radius 1 is 1.09 bits per heavy atom. The second-order valence-electron chi connectivity index (χ2n) is 7.27. The third-order valence-corrected chi connectivity index (χ3v) is 4.95. The Balaban J connectivity index is 0.00000363. The van der Waals surface area contributed by atoms with E-state index in [1.54, 1.807) is 7.11 Å². The minimum atomic E-state index is 0. The molecule has 0 unspecified atom stereocenters. The van der Waals surface area contributed by atoms with Gasteiger partial charge in [-0.1, -0.05) is 24.3 Å². The Labute approximate surface area is 208 Å². The summed E-state index contributed by atoms with van der Waals surface area (Å²) in [5.41, 5.74) is 3.37. The topological polar surface area (TPSA) is 67.4 Å². The van der Waals surface area contributed by atoms with E-state index in [0.29, 0.717) is 19.8 Å². The third-order valence-electron chi connectivity index (χ3n) is 4.95. The second-order valence-corrected chi connectivity index (χ2v) is 7.27. The molecule has 1 aliphatic rings. The molecule has 0 bridgehead atoms. The van der Waals surface area contributed by atoms with Crippen LogP contribution in [-0.2, 0) is 16.0 Å². The van der Waals surface area contributed by atoms with E-state index in [0.717, 1.165) is 56.7 Å². The monoisotopic (exact) mass is 554 g/mol. The van der Waals surface area contributed by atoms with E-state index >= 15 is 0 Å². The van der Waals surface area contributed by atoms with Gasteiger partial charge in [0.15, 0.2) is 5.96 Å². The predicted molar refractivity (Wildman–Crippen MR) is 142 cm³/mol. The van der Waals surface area contributed by atoms with Gasteiger partial charge in [-0.3, -0.25) is 0 Å². The average Bonchev–Trinajstić information content (AvgIpc) is 2.81. The number of methoxy groups -OCH3 is 1. The van der Waals surface area contributed by atoms with E-state index < -0.39 is 0 Å². The van der Waals surface area contributed by atoms with Crippen molar-refractivity contribution in [3.8, 4) is 5.75 Å². The number of halogens is 1. The number of guanidine groups is 1. The summed E-state index contributed by atoms with van der Waals surface area (Å²) in [4.78, 5) is 7.20. The number of morpholine rings is 1. The van der Waals surface area contributed by atoms with E-state index in [9.17, 15) is 0 Å². The molecule has 1 fully saturated rings. The Hall–Kier alpha value is -2.04. The lowest BCUT2D eigenvalue weighted by atomic mass is 10.1. The molecule has 2 aromatic carbocycles. The van der Waals surface area contributed by atoms with Crippen LogP contribution in [-0.4, -0.2) is 59.1 Å². The van der Waals surface area contributed by atoms with Gasteiger partial charge in [-0.05, 0) is 30.7 Å². The Morgan fingerprint density at radius 2 is 1.91 bits per heavy atom. The summed E-state index contributed by atoms with van der Waals surface area (Å²) in [6, 6.07) is 16.4. The van der Waals surface area contributed by atoms with Gasteiger partial charge < -0.3 is 29.7 Å². The molecule has 32 heavy (non-hydrogen) atoms. The molecule has 0 saturated carbocycles. The van der Waals surface area contributed by atoms with Gasteiger partial charge in [0.25, 0.3) is 0 Å². The quantitative estimate of drug-likeness (QED) is 0.199. The summed E-state index contributed by atoms with van der Waals surface area (Å²) >= 11 is 0. The summed E-state index contributed by atoms with van der Waals surface area (Å²) in [5.74, 6) is 1.57. The van der Waals surface area contributed by atoms with Crippen LogP contribution in [0.2, 0.25) is 0 Å². The van der Waals surface area contributed by atoms with Crippen LogP contribution in [0.15, 0.2) is 53.5 Å². The smallest absolute Gasteiger partial charge is 0.196 e. The number of aliphatic imine (C=N–C) groups is 1. The molecule has 176 valence electrons. The standard InChI is InChI=1S/C24H34N4O3.HI/c1-3-25-24(27-21-9-6-10-22(18-21)31-15-7-14-29-2)26-19-20-8-4-5-11-23(20)28-12-16-30-17-13-28;/h4-6,8-11,18H,3,7,12-17,19H2,1-2H3,(H2,25,26,27);1H. The van der Waals surface area contributed by atoms with Gasteiger partial charge in [0.2, 0.25) is 0 Å². The van der Waals surface area contributed by atoms with E-state index in [1.165, 1.54) is 11.3 Å². The Kier molecular flexibility index (Phi) is 12.2. The largest absolute Gasteiger partial charge is 0.493 e. The summed E-state index contributed by atoms with van der Waals surface area (Å²) < 4.78 is 16.4. The average molecular weight is 554 g/mol. The molecule has 2 N–H and O–H groups in total. The highest BCUT2D eigenvalue weighted by molar-refractivity contribution is 14.0. The fraction of sp³-hybridized carbons (Fsp3) is 0.458. The number of anilines is 2. The molecule has 0 radical (unpaired) electrons. The number of nitrogens with one attached hydrogen (secondary N) is 2. The molecule has 0 amide bonds. The zero-order valence-corrected chi connectivity index (χ0v) is 21.3. The Morgan fingerprint density at radius 3 is 2.69 bits per heavy atom. The van der Waals surface area contributed by atoms with E-state index in [1.807, 2.05) is 24.3 Å². The van der Waals surface area contributed by atoms with Crippen LogP contribution < -0.4 is 20.3 Å². The van der Waals surface area contributed by atoms with Crippen LogP contribution in [0.25, 0.3) is 0 Å². The maximum Gasteiger partial charge on any atom is 0.196 e. The van der Waals surface area contributed by atoms with Crippen molar-refractivity contribution in [3.63, 3.8) is 0 Å². The molecule has 3 rings (SSSR count). The number of rotatable bonds is 10. The highest BCUT2D eigenvalue weighted by Gasteiger charge is 2.14. The van der Waals surface area contributed by atoms with Crippen molar-refractivity contribution < 1.29 is 14.2 Å². The van der Waals surface area contributed by atoms with E-state index in [-0.39, 0.29) is 24.0 Å². The summed E-state index contributed by atoms with van der Waals surface area (Å²) in [7, 11) is 1.70. The van der Waals surface area contributed by atoms with Crippen LogP contribution >= 0.6 is 24.0 Å². The first-order valence-electron chi connectivity index (χ1n) is 11.0. The lowest BCUT2D eigenvalue weighted by Gasteiger charge is -2.30. The number of hydrogen-bond donors (Lipinski definition) is 2. The van der Waals surface area contributed by atoms with Crippen LogP contribution in [0, 0.1) is 0 Å². The zero-order valence-electron chi connectivity index (χ0n) is 19.0. The number of para-hydroxylation sites is 1. The molecule has 0 spiro atoms. The molecule has 1 saturated heterocycles. The maximum absolute atomic E-state index is 5.81. The van der Waals surface area contributed by atoms with E-state index in [2.05, 4.69) is 46.7 Å². The van der Waals surface area contributed by atoms with E-state index in [4.69, 9.17) is 19.2 Å². The van der Waals surface area contributed by atoms with Gasteiger partial charge in [-0.15, -0.1) is 24.0 Å². The number of ether oxygens (including phenoxy) is 3. The minimum Gasteiger partial charge on any atom is -0.493 e. The molecule has 1 heterocycles. The van der Waals surface area contributed by atoms with Gasteiger partial charge >= 0.3 is 0 Å². The van der Waals surface area contributed by atoms with Crippen molar-refractivity contribution in [2.75, 3.05) is 63.4 Å². The number of hydrogen-bond acceptors (Lipinski definition) is 5. The maximum atomic E-state index is 5.81. The highest BCUT2D eigenvalue weighted by Crippen LogP contribution is 2.22. The first-order valence-corrected chi connectivity index (χ1v) is 11.0. The predicted octanol–water partition coefficient (Wildman–Crippen LogP) is 4.13. The van der Waals surface area contributed by atoms with Crippen molar-refractivity contribution in [2.45, 2.75) is 19.9 Å². The minimum absolute atomic E-state index is 0. The van der Waals surface area contributed by atoms with Crippen LogP contribution in [0.5, 0.6) is 5.75 Å². The van der Waals surface area contributed by atoms with Crippen molar-refractivity contribution in [1.29, 1.82) is 0 Å². The number of nitrogens with zero attached hydrogens (tertiary/aromatic N) is 2. The molecule has 7 nitrogen and oxygen atoms in total. The number of benzene rings is 2. The van der Waals surface area contributed by atoms with Gasteiger partial charge in [-0.2, -0.15) is 0 Å². The van der Waals surface area contributed by atoms with Crippen LogP contribution in [0.4, 0.5) is 11.4 Å². The molecule has 8 heteroatoms. The van der Waals surface area contributed by atoms with Crippen LogP contribution in [0.1, 0.15) is 18.9 Å². The summed E-state index contributed by atoms with van der Waals surface area (Å²) in [6.07, 6.45) is 0.862. The Bertz CT molecular complexity index is 828. The zero-order chi connectivity index (χ0) is 21.7. The molecule has 0 atom stereocenters. The highest BCUT2D eigenvalue weighted by atomic mass is 127. The first-order chi connectivity index (χ1) is 15.3. The van der Waals surface area contributed by atoms with Crippen molar-refractivity contribution >= 4 is 41.3 Å². The SMILES string of the molecule is CCNC(=NCc1ccccc1N1CCOCC1)Nc1cccc(OCCCOC)c1.I. The fourth-order valence-electron chi connectivity index (χ4n) is 3.42. The van der Waals surface area contributed by atoms with Gasteiger partial charge in [0.05, 0.1) is 26.4 Å². The van der Waals surface area contributed by atoms with Crippen molar-refractivity contribution in [1.82, 2.24) is 5.32 Å². The molecular weight excluding hydrogens is 519 g/mol. The van der Waals surface area contributed by atoms with Crippen molar-refractivity contribution in [2.24, 2.45) is 4.99 Å². The summed E-state index contributed by atoms with van der Waals surface area (Å²) in [5, 5.41) is 6.72. The lowest BCUT2D eigenvalue weighted by Crippen LogP contribution is -2.36. The second kappa shape index (κ2) is 14.9. The normalized spacial score (nSPS) is 13.9. The van der Waals surface area contributed by atoms with Gasteiger partial charge in [-0.25, -0.2) is 4.99 Å². The molecule has 2 aromatic rings. The first kappa shape index (κ1) is 26.2. The van der Waals surface area contributed by atoms with Gasteiger partial charge in [0.1, 0.15) is 5.75 Å². The fourth-order valence-corrected chi connectivity index (χ4v) is 3.42. The lowest BCUT2D eigenvalue weighted by molar-refractivity contribution is 0.122. The molecule has 0 aromatic heterocycles. The summed E-state index contributed by atoms with van der Waals surface area (Å²) in [6.45, 7) is 8.13. The molecule has 1 aliphatic heterocycles. The molecular formula is C24H35IN4O3.